The lowest BCUT2D eigenvalue weighted by atomic mass is 10.1. The minimum Gasteiger partial charge on any atom is -0.337 e. The molecule has 0 aliphatic carbocycles. The maximum atomic E-state index is 13.1. The smallest absolute Gasteiger partial charge is 0.253 e. The van der Waals surface area contributed by atoms with Gasteiger partial charge in [0.1, 0.15) is 0 Å². The topological polar surface area (TPSA) is 83.7 Å². The van der Waals surface area contributed by atoms with Gasteiger partial charge in [0, 0.05) is 25.2 Å². The molecule has 0 unspecified atom stereocenters. The third kappa shape index (κ3) is 6.02. The summed E-state index contributed by atoms with van der Waals surface area (Å²) in [5.41, 5.74) is 1.75. The number of carbonyl (C=O) groups is 1. The summed E-state index contributed by atoms with van der Waals surface area (Å²) < 4.78 is 23.8. The van der Waals surface area contributed by atoms with E-state index < -0.39 is 10.0 Å². The summed E-state index contributed by atoms with van der Waals surface area (Å²) >= 11 is 0. The van der Waals surface area contributed by atoms with Crippen LogP contribution < -0.4 is 5.14 Å². The van der Waals surface area contributed by atoms with Crippen molar-refractivity contribution in [2.75, 3.05) is 32.7 Å². The van der Waals surface area contributed by atoms with Gasteiger partial charge in [-0.15, -0.1) is 0 Å². The fraction of sp³-hybridized carbons (Fsp3) is 0.650. The molecular weight excluding hydrogens is 362 g/mol. The van der Waals surface area contributed by atoms with Crippen LogP contribution in [-0.4, -0.2) is 56.8 Å². The second-order valence-corrected chi connectivity index (χ2v) is 9.04. The second-order valence-electron chi connectivity index (χ2n) is 7.51. The van der Waals surface area contributed by atoms with Crippen molar-refractivity contribution in [3.8, 4) is 0 Å². The molecule has 7 heteroatoms. The largest absolute Gasteiger partial charge is 0.337 e. The Morgan fingerprint density at radius 2 is 1.74 bits per heavy atom. The van der Waals surface area contributed by atoms with Crippen LogP contribution in [0.15, 0.2) is 17.0 Å². The maximum absolute atomic E-state index is 13.1. The van der Waals surface area contributed by atoms with Gasteiger partial charge in [0.2, 0.25) is 10.0 Å². The Balaban J connectivity index is 2.19. The number of nitrogens with two attached hydrogens (primary N) is 1. The molecule has 1 saturated heterocycles. The molecule has 0 aromatic heterocycles. The average molecular weight is 396 g/mol. The third-order valence-electron chi connectivity index (χ3n) is 5.34. The third-order valence-corrected chi connectivity index (χ3v) is 6.38. The SMILES string of the molecule is CCCN(CCN1CCCCCC1)C(=O)c1cc(C)c(C)c(S(N)(=O)=O)c1. The van der Waals surface area contributed by atoms with Crippen molar-refractivity contribution in [2.24, 2.45) is 5.14 Å². The van der Waals surface area contributed by atoms with E-state index in [2.05, 4.69) is 4.90 Å². The molecule has 1 aromatic carbocycles. The highest BCUT2D eigenvalue weighted by Crippen LogP contribution is 2.21. The van der Waals surface area contributed by atoms with Crippen molar-refractivity contribution in [1.29, 1.82) is 0 Å². The number of sulfonamides is 1. The summed E-state index contributed by atoms with van der Waals surface area (Å²) in [5, 5.41) is 5.34. The minimum absolute atomic E-state index is 0.0369. The van der Waals surface area contributed by atoms with Crippen LogP contribution in [0.25, 0.3) is 0 Å². The minimum atomic E-state index is -3.86. The molecule has 0 atom stereocenters. The zero-order valence-electron chi connectivity index (χ0n) is 16.8. The summed E-state index contributed by atoms with van der Waals surface area (Å²) in [4.78, 5) is 17.4. The van der Waals surface area contributed by atoms with Crippen LogP contribution in [0.2, 0.25) is 0 Å². The van der Waals surface area contributed by atoms with Crippen molar-refractivity contribution >= 4 is 15.9 Å². The summed E-state index contributed by atoms with van der Waals surface area (Å²) in [5.74, 6) is -0.125. The van der Waals surface area contributed by atoms with E-state index in [4.69, 9.17) is 5.14 Å². The molecule has 0 bridgehead atoms. The lowest BCUT2D eigenvalue weighted by Crippen LogP contribution is -2.39. The highest BCUT2D eigenvalue weighted by atomic mass is 32.2. The first-order chi connectivity index (χ1) is 12.7. The lowest BCUT2D eigenvalue weighted by molar-refractivity contribution is 0.0735. The number of aryl methyl sites for hydroxylation is 1. The van der Waals surface area contributed by atoms with Gasteiger partial charge in [-0.05, 0) is 69.5 Å². The van der Waals surface area contributed by atoms with E-state index >= 15 is 0 Å². The Bertz CT molecular complexity index is 754. The first-order valence-electron chi connectivity index (χ1n) is 9.89. The van der Waals surface area contributed by atoms with Crippen molar-refractivity contribution in [3.05, 3.63) is 28.8 Å². The van der Waals surface area contributed by atoms with Gasteiger partial charge in [-0.1, -0.05) is 19.8 Å². The number of rotatable bonds is 7. The molecule has 152 valence electrons. The predicted octanol–water partition coefficient (Wildman–Crippen LogP) is 2.68. The monoisotopic (exact) mass is 395 g/mol. The fourth-order valence-electron chi connectivity index (χ4n) is 3.64. The van der Waals surface area contributed by atoms with Crippen LogP contribution >= 0.6 is 0 Å². The number of likely N-dealkylation sites (tertiary alicyclic amines) is 1. The Hall–Kier alpha value is -1.44. The van der Waals surface area contributed by atoms with Crippen molar-refractivity contribution in [3.63, 3.8) is 0 Å². The zero-order chi connectivity index (χ0) is 20.0. The van der Waals surface area contributed by atoms with E-state index in [0.717, 1.165) is 31.6 Å². The Morgan fingerprint density at radius 3 is 2.30 bits per heavy atom. The molecule has 6 nitrogen and oxygen atoms in total. The highest BCUT2D eigenvalue weighted by Gasteiger charge is 2.21. The van der Waals surface area contributed by atoms with E-state index in [1.807, 2.05) is 18.7 Å². The van der Waals surface area contributed by atoms with Crippen LogP contribution in [0.4, 0.5) is 0 Å². The average Bonchev–Trinajstić information content (AvgIpc) is 2.88. The van der Waals surface area contributed by atoms with Crippen LogP contribution in [0.5, 0.6) is 0 Å². The van der Waals surface area contributed by atoms with Crippen LogP contribution in [0, 0.1) is 13.8 Å². The molecule has 1 fully saturated rings. The first-order valence-corrected chi connectivity index (χ1v) is 11.4. The predicted molar refractivity (Wildman–Crippen MR) is 108 cm³/mol. The second kappa shape index (κ2) is 9.66. The van der Waals surface area contributed by atoms with Crippen molar-refractivity contribution in [2.45, 2.75) is 57.8 Å². The van der Waals surface area contributed by atoms with E-state index in [1.165, 1.54) is 31.7 Å². The highest BCUT2D eigenvalue weighted by molar-refractivity contribution is 7.89. The Kier molecular flexibility index (Phi) is 7.82. The summed E-state index contributed by atoms with van der Waals surface area (Å²) in [6, 6.07) is 3.19. The van der Waals surface area contributed by atoms with Crippen LogP contribution in [0.3, 0.4) is 0 Å². The zero-order valence-corrected chi connectivity index (χ0v) is 17.6. The number of hydrogen-bond acceptors (Lipinski definition) is 4. The molecule has 0 spiro atoms. The fourth-order valence-corrected chi connectivity index (χ4v) is 4.51. The lowest BCUT2D eigenvalue weighted by Gasteiger charge is -2.27. The normalized spacial score (nSPS) is 16.1. The molecule has 1 heterocycles. The van der Waals surface area contributed by atoms with Gasteiger partial charge in [-0.25, -0.2) is 13.6 Å². The summed E-state index contributed by atoms with van der Waals surface area (Å²) in [6.07, 6.45) is 5.87. The van der Waals surface area contributed by atoms with Gasteiger partial charge in [-0.3, -0.25) is 4.79 Å². The molecule has 0 saturated carbocycles. The van der Waals surface area contributed by atoms with Gasteiger partial charge in [0.25, 0.3) is 5.91 Å². The molecule has 2 rings (SSSR count). The molecule has 2 N–H and O–H groups in total. The molecular formula is C20H33N3O3S. The molecule has 1 aromatic rings. The quantitative estimate of drug-likeness (QED) is 0.769. The number of amides is 1. The van der Waals surface area contributed by atoms with Crippen LogP contribution in [0.1, 0.15) is 60.5 Å². The van der Waals surface area contributed by atoms with Gasteiger partial charge in [0.05, 0.1) is 4.90 Å². The van der Waals surface area contributed by atoms with E-state index in [0.29, 0.717) is 24.2 Å². The number of hydrogen-bond donors (Lipinski definition) is 1. The van der Waals surface area contributed by atoms with Crippen molar-refractivity contribution in [1.82, 2.24) is 9.80 Å². The number of benzene rings is 1. The standard InChI is InChI=1S/C20H33N3O3S/c1-4-9-23(13-12-22-10-7-5-6-8-11-22)20(24)18-14-16(2)17(3)19(15-18)27(21,25)26/h14-15H,4-13H2,1-3H3,(H2,21,25,26). The van der Waals surface area contributed by atoms with Crippen LogP contribution in [-0.2, 0) is 10.0 Å². The molecule has 1 amide bonds. The molecule has 1 aliphatic heterocycles. The van der Waals surface area contributed by atoms with Gasteiger partial charge in [-0.2, -0.15) is 0 Å². The summed E-state index contributed by atoms with van der Waals surface area (Å²) in [7, 11) is -3.86. The van der Waals surface area contributed by atoms with E-state index in [9.17, 15) is 13.2 Å². The maximum Gasteiger partial charge on any atom is 0.253 e. The van der Waals surface area contributed by atoms with E-state index in [-0.39, 0.29) is 10.8 Å². The van der Waals surface area contributed by atoms with Crippen molar-refractivity contribution < 1.29 is 13.2 Å². The van der Waals surface area contributed by atoms with Gasteiger partial charge in [0.15, 0.2) is 0 Å². The Labute approximate surface area is 163 Å². The molecule has 0 radical (unpaired) electrons. The van der Waals surface area contributed by atoms with E-state index in [1.54, 1.807) is 13.0 Å². The Morgan fingerprint density at radius 1 is 1.11 bits per heavy atom. The molecule has 1 aliphatic rings. The van der Waals surface area contributed by atoms with Gasteiger partial charge >= 0.3 is 0 Å². The number of carbonyl (C=O) groups excluding carboxylic acids is 1. The van der Waals surface area contributed by atoms with Gasteiger partial charge < -0.3 is 9.80 Å². The number of nitrogens with zero attached hydrogens (tertiary/aromatic N) is 2. The first kappa shape index (κ1) is 21.9. The number of primary sulfonamides is 1. The molecule has 27 heavy (non-hydrogen) atoms. The summed E-state index contributed by atoms with van der Waals surface area (Å²) in [6.45, 7) is 9.92.